The zero-order chi connectivity index (χ0) is 12.6. The number of carboxylic acids is 1. The second-order valence-corrected chi connectivity index (χ2v) is 6.37. The predicted molar refractivity (Wildman–Crippen MR) is 75.8 cm³/mol. The van der Waals surface area contributed by atoms with Gasteiger partial charge in [-0.05, 0) is 47.1 Å². The van der Waals surface area contributed by atoms with E-state index in [9.17, 15) is 4.79 Å². The molecular formula is C12H8BrClO2S. The number of carboxylic acid groups (broad SMARTS) is 1. The second-order valence-electron chi connectivity index (χ2n) is 3.56. The molecule has 0 aliphatic carbocycles. The molecule has 0 bridgehead atoms. The number of fused-ring (bicyclic) bond motifs is 1. The summed E-state index contributed by atoms with van der Waals surface area (Å²) >= 11 is 11.0. The SMILES string of the molecule is C/C(=C\c1c(Br)sc2ccc(Cl)cc12)C(=O)O. The van der Waals surface area contributed by atoms with Crippen LogP contribution in [0.25, 0.3) is 16.2 Å². The van der Waals surface area contributed by atoms with Crippen LogP contribution in [0.5, 0.6) is 0 Å². The molecule has 0 unspecified atom stereocenters. The van der Waals surface area contributed by atoms with Gasteiger partial charge in [-0.25, -0.2) is 4.79 Å². The Labute approximate surface area is 116 Å². The standard InChI is InChI=1S/C12H8BrClO2S/c1-6(12(15)16)4-9-8-5-7(14)2-3-10(8)17-11(9)13/h2-5H,1H3,(H,15,16)/b6-4+. The topological polar surface area (TPSA) is 37.3 Å². The Balaban J connectivity index is 2.68. The predicted octanol–water partition coefficient (Wildman–Crippen LogP) is 4.81. The molecule has 0 spiro atoms. The zero-order valence-corrected chi connectivity index (χ0v) is 12.0. The van der Waals surface area contributed by atoms with Crippen molar-refractivity contribution in [2.45, 2.75) is 6.92 Å². The minimum atomic E-state index is -0.918. The average molecular weight is 332 g/mol. The second kappa shape index (κ2) is 4.80. The molecule has 0 aliphatic rings. The van der Waals surface area contributed by atoms with Crippen LogP contribution in [0.3, 0.4) is 0 Å². The maximum Gasteiger partial charge on any atom is 0.331 e. The third-order valence-electron chi connectivity index (χ3n) is 2.34. The lowest BCUT2D eigenvalue weighted by molar-refractivity contribution is -0.132. The maximum atomic E-state index is 10.8. The van der Waals surface area contributed by atoms with E-state index in [0.717, 1.165) is 19.4 Å². The molecule has 2 rings (SSSR count). The smallest absolute Gasteiger partial charge is 0.331 e. The molecule has 0 aliphatic heterocycles. The molecule has 1 aromatic heterocycles. The highest BCUT2D eigenvalue weighted by Gasteiger charge is 2.10. The summed E-state index contributed by atoms with van der Waals surface area (Å²) in [5, 5.41) is 10.5. The number of aliphatic carboxylic acids is 1. The van der Waals surface area contributed by atoms with E-state index in [1.807, 2.05) is 18.2 Å². The molecule has 1 aromatic carbocycles. The largest absolute Gasteiger partial charge is 0.478 e. The number of carbonyl (C=O) groups is 1. The van der Waals surface area contributed by atoms with E-state index in [-0.39, 0.29) is 0 Å². The number of halogens is 2. The van der Waals surface area contributed by atoms with Crippen LogP contribution in [0.15, 0.2) is 27.6 Å². The fraction of sp³-hybridized carbons (Fsp3) is 0.0833. The van der Waals surface area contributed by atoms with E-state index < -0.39 is 5.97 Å². The van der Waals surface area contributed by atoms with E-state index >= 15 is 0 Å². The van der Waals surface area contributed by atoms with Crippen molar-refractivity contribution >= 4 is 61.0 Å². The number of thiophene rings is 1. The van der Waals surface area contributed by atoms with Crippen LogP contribution in [-0.4, -0.2) is 11.1 Å². The van der Waals surface area contributed by atoms with E-state index in [4.69, 9.17) is 16.7 Å². The molecule has 0 saturated carbocycles. The first-order chi connectivity index (χ1) is 7.99. The third-order valence-corrected chi connectivity index (χ3v) is 4.46. The van der Waals surface area contributed by atoms with Gasteiger partial charge >= 0.3 is 5.97 Å². The number of rotatable bonds is 2. The molecule has 0 atom stereocenters. The van der Waals surface area contributed by atoms with Crippen LogP contribution >= 0.6 is 38.9 Å². The number of hydrogen-bond donors (Lipinski definition) is 1. The Morgan fingerprint density at radius 1 is 1.53 bits per heavy atom. The first-order valence-corrected chi connectivity index (χ1v) is 6.77. The lowest BCUT2D eigenvalue weighted by Gasteiger charge is -1.96. The summed E-state index contributed by atoms with van der Waals surface area (Å²) in [6, 6.07) is 5.60. The number of hydrogen-bond acceptors (Lipinski definition) is 2. The van der Waals surface area contributed by atoms with Crippen LogP contribution in [0.1, 0.15) is 12.5 Å². The lowest BCUT2D eigenvalue weighted by Crippen LogP contribution is -1.95. The van der Waals surface area contributed by atoms with Gasteiger partial charge in [0.1, 0.15) is 0 Å². The van der Waals surface area contributed by atoms with Crippen molar-refractivity contribution in [3.8, 4) is 0 Å². The summed E-state index contributed by atoms with van der Waals surface area (Å²) in [6.45, 7) is 1.57. The average Bonchev–Trinajstić information content (AvgIpc) is 2.55. The molecule has 2 nitrogen and oxygen atoms in total. The number of benzene rings is 1. The zero-order valence-electron chi connectivity index (χ0n) is 8.83. The minimum absolute atomic E-state index is 0.297. The summed E-state index contributed by atoms with van der Waals surface area (Å²) in [7, 11) is 0. The fourth-order valence-corrected chi connectivity index (χ4v) is 3.38. The molecule has 88 valence electrons. The van der Waals surface area contributed by atoms with Gasteiger partial charge in [-0.2, -0.15) is 0 Å². The van der Waals surface area contributed by atoms with Gasteiger partial charge in [-0.15, -0.1) is 11.3 Å². The molecule has 5 heteroatoms. The van der Waals surface area contributed by atoms with Crippen LogP contribution in [-0.2, 0) is 4.79 Å². The molecule has 0 amide bonds. The van der Waals surface area contributed by atoms with Crippen LogP contribution < -0.4 is 0 Å². The minimum Gasteiger partial charge on any atom is -0.478 e. The van der Waals surface area contributed by atoms with Crippen molar-refractivity contribution in [3.05, 3.63) is 38.1 Å². The monoisotopic (exact) mass is 330 g/mol. The Hall–Kier alpha value is -0.840. The summed E-state index contributed by atoms with van der Waals surface area (Å²) in [5.41, 5.74) is 1.16. The molecule has 17 heavy (non-hydrogen) atoms. The fourth-order valence-electron chi connectivity index (χ4n) is 1.47. The van der Waals surface area contributed by atoms with Crippen molar-refractivity contribution in [1.29, 1.82) is 0 Å². The van der Waals surface area contributed by atoms with Crippen LogP contribution in [0.4, 0.5) is 0 Å². The molecule has 0 fully saturated rings. The van der Waals surface area contributed by atoms with E-state index in [1.54, 1.807) is 24.3 Å². The summed E-state index contributed by atoms with van der Waals surface area (Å²) in [4.78, 5) is 10.8. The van der Waals surface area contributed by atoms with Crippen molar-refractivity contribution < 1.29 is 9.90 Å². The molecule has 0 saturated heterocycles. The van der Waals surface area contributed by atoms with E-state index in [1.165, 1.54) is 0 Å². The van der Waals surface area contributed by atoms with Crippen molar-refractivity contribution in [2.75, 3.05) is 0 Å². The van der Waals surface area contributed by atoms with E-state index in [2.05, 4.69) is 15.9 Å². The molecule has 0 radical (unpaired) electrons. The Morgan fingerprint density at radius 3 is 2.88 bits per heavy atom. The molecule has 1 heterocycles. The Bertz CT molecular complexity index is 631. The quantitative estimate of drug-likeness (QED) is 0.802. The highest BCUT2D eigenvalue weighted by molar-refractivity contribution is 9.11. The lowest BCUT2D eigenvalue weighted by atomic mass is 10.1. The molecule has 1 N–H and O–H groups in total. The van der Waals surface area contributed by atoms with Crippen molar-refractivity contribution in [3.63, 3.8) is 0 Å². The molecule has 2 aromatic rings. The first-order valence-electron chi connectivity index (χ1n) is 4.78. The van der Waals surface area contributed by atoms with Gasteiger partial charge < -0.3 is 5.11 Å². The van der Waals surface area contributed by atoms with Gasteiger partial charge in [-0.3, -0.25) is 0 Å². The van der Waals surface area contributed by atoms with Gasteiger partial charge in [0, 0.05) is 26.2 Å². The summed E-state index contributed by atoms with van der Waals surface area (Å²) in [6.07, 6.45) is 1.65. The van der Waals surface area contributed by atoms with Gasteiger partial charge in [0.15, 0.2) is 0 Å². The molecular weight excluding hydrogens is 324 g/mol. The first kappa shape index (κ1) is 12.6. The summed E-state index contributed by atoms with van der Waals surface area (Å²) in [5.74, 6) is -0.918. The Morgan fingerprint density at radius 2 is 2.24 bits per heavy atom. The van der Waals surface area contributed by atoms with Crippen molar-refractivity contribution in [1.82, 2.24) is 0 Å². The van der Waals surface area contributed by atoms with Crippen LogP contribution in [0, 0.1) is 0 Å². The van der Waals surface area contributed by atoms with Gasteiger partial charge in [-0.1, -0.05) is 11.6 Å². The normalized spacial score (nSPS) is 12.1. The van der Waals surface area contributed by atoms with E-state index in [0.29, 0.717) is 10.6 Å². The van der Waals surface area contributed by atoms with Gasteiger partial charge in [0.05, 0.1) is 3.79 Å². The Kier molecular flexibility index (Phi) is 3.56. The maximum absolute atomic E-state index is 10.8. The highest BCUT2D eigenvalue weighted by atomic mass is 79.9. The van der Waals surface area contributed by atoms with Gasteiger partial charge in [0.2, 0.25) is 0 Å². The third kappa shape index (κ3) is 2.54. The highest BCUT2D eigenvalue weighted by Crippen LogP contribution is 2.38. The van der Waals surface area contributed by atoms with Crippen LogP contribution in [0.2, 0.25) is 5.02 Å². The summed E-state index contributed by atoms with van der Waals surface area (Å²) < 4.78 is 1.99. The van der Waals surface area contributed by atoms with Gasteiger partial charge in [0.25, 0.3) is 0 Å². The van der Waals surface area contributed by atoms with Crippen molar-refractivity contribution in [2.24, 2.45) is 0 Å².